The fourth-order valence-corrected chi connectivity index (χ4v) is 4.43. The summed E-state index contributed by atoms with van der Waals surface area (Å²) < 4.78 is 11.2. The highest BCUT2D eigenvalue weighted by molar-refractivity contribution is 9.10. The van der Waals surface area contributed by atoms with E-state index in [9.17, 15) is 9.59 Å². The van der Waals surface area contributed by atoms with E-state index in [4.69, 9.17) is 9.47 Å². The Bertz CT molecular complexity index is 1420. The lowest BCUT2D eigenvalue weighted by atomic mass is 10.1. The molecule has 0 bridgehead atoms. The number of methoxy groups -OCH3 is 2. The standard InChI is InChI=1S/C15H19N3O2.C10H8BrNO2/c1-17-5-7-18(8-6-17)14-10-16-15(19)12-4-3-11(20-2)9-13(12)14;1-14-6-2-3-7-8(4-6)9(11)5-12-10(7)13/h3-4,9-10H,5-8H2,1-2H3,(H,16,19);2-5H,1H3,(H,12,13). The Balaban J connectivity index is 0.000000172. The minimum Gasteiger partial charge on any atom is -0.497 e. The van der Waals surface area contributed by atoms with E-state index in [-0.39, 0.29) is 11.1 Å². The highest BCUT2D eigenvalue weighted by Gasteiger charge is 2.17. The molecule has 0 radical (unpaired) electrons. The number of pyridine rings is 2. The molecule has 1 aliphatic rings. The molecule has 8 nitrogen and oxygen atoms in total. The number of aromatic amines is 2. The van der Waals surface area contributed by atoms with Crippen molar-refractivity contribution in [3.8, 4) is 11.5 Å². The third-order valence-electron chi connectivity index (χ3n) is 5.99. The molecule has 0 aliphatic carbocycles. The first kappa shape index (κ1) is 23.8. The Morgan fingerprint density at radius 1 is 0.765 bits per heavy atom. The van der Waals surface area contributed by atoms with E-state index in [1.165, 1.54) is 0 Å². The van der Waals surface area contributed by atoms with Crippen LogP contribution in [0, 0.1) is 0 Å². The number of benzene rings is 2. The molecule has 34 heavy (non-hydrogen) atoms. The molecule has 1 fully saturated rings. The summed E-state index contributed by atoms with van der Waals surface area (Å²) in [5, 5.41) is 3.17. The van der Waals surface area contributed by atoms with Crippen LogP contribution < -0.4 is 25.5 Å². The van der Waals surface area contributed by atoms with E-state index in [0.29, 0.717) is 10.8 Å². The maximum absolute atomic E-state index is 11.9. The van der Waals surface area contributed by atoms with Crippen LogP contribution >= 0.6 is 15.9 Å². The van der Waals surface area contributed by atoms with Gasteiger partial charge in [0.25, 0.3) is 11.1 Å². The summed E-state index contributed by atoms with van der Waals surface area (Å²) in [6.07, 6.45) is 3.44. The van der Waals surface area contributed by atoms with Gasteiger partial charge < -0.3 is 29.2 Å². The molecule has 2 N–H and O–H groups in total. The van der Waals surface area contributed by atoms with Crippen molar-refractivity contribution in [1.29, 1.82) is 0 Å². The Morgan fingerprint density at radius 2 is 1.29 bits per heavy atom. The number of H-pyrrole nitrogens is 2. The first-order valence-corrected chi connectivity index (χ1v) is 11.7. The molecule has 2 aromatic heterocycles. The van der Waals surface area contributed by atoms with Gasteiger partial charge in [0.1, 0.15) is 11.5 Å². The molecule has 1 saturated heterocycles. The van der Waals surface area contributed by atoms with Crippen LogP contribution in [0.3, 0.4) is 0 Å². The molecule has 0 atom stereocenters. The molecule has 1 aliphatic heterocycles. The first-order chi connectivity index (χ1) is 16.4. The number of piperazine rings is 1. The molecule has 0 spiro atoms. The Kier molecular flexibility index (Phi) is 7.23. The van der Waals surface area contributed by atoms with E-state index >= 15 is 0 Å². The molecule has 0 saturated carbocycles. The molecular formula is C25H27BrN4O4. The Labute approximate surface area is 205 Å². The summed E-state index contributed by atoms with van der Waals surface area (Å²) >= 11 is 3.37. The fourth-order valence-electron chi connectivity index (χ4n) is 3.99. The number of anilines is 1. The fraction of sp³-hybridized carbons (Fsp3) is 0.280. The summed E-state index contributed by atoms with van der Waals surface area (Å²) in [5.74, 6) is 1.52. The number of hydrogen-bond donors (Lipinski definition) is 2. The SMILES string of the molecule is COc1ccc2c(=O)[nH]cc(Br)c2c1.COc1ccc2c(=O)[nH]cc(N3CCN(C)CC3)c2c1. The van der Waals surface area contributed by atoms with Gasteiger partial charge in [-0.25, -0.2) is 0 Å². The van der Waals surface area contributed by atoms with Crippen LogP contribution in [0.2, 0.25) is 0 Å². The van der Waals surface area contributed by atoms with Crippen LogP contribution in [0.1, 0.15) is 0 Å². The number of aromatic nitrogens is 2. The number of nitrogens with zero attached hydrogens (tertiary/aromatic N) is 2. The van der Waals surface area contributed by atoms with Gasteiger partial charge in [-0.05, 0) is 59.4 Å². The molecule has 178 valence electrons. The smallest absolute Gasteiger partial charge is 0.255 e. The van der Waals surface area contributed by atoms with Crippen molar-refractivity contribution >= 4 is 43.2 Å². The van der Waals surface area contributed by atoms with E-state index in [2.05, 4.69) is 42.7 Å². The van der Waals surface area contributed by atoms with Crippen LogP contribution in [0.4, 0.5) is 5.69 Å². The monoisotopic (exact) mass is 526 g/mol. The lowest BCUT2D eigenvalue weighted by Gasteiger charge is -2.34. The van der Waals surface area contributed by atoms with Crippen molar-refractivity contribution < 1.29 is 9.47 Å². The second-order valence-electron chi connectivity index (χ2n) is 8.08. The molecule has 4 aromatic rings. The zero-order valence-corrected chi connectivity index (χ0v) is 20.9. The quantitative estimate of drug-likeness (QED) is 0.424. The van der Waals surface area contributed by atoms with Crippen molar-refractivity contribution in [3.63, 3.8) is 0 Å². The summed E-state index contributed by atoms with van der Waals surface area (Å²) in [6, 6.07) is 10.9. The summed E-state index contributed by atoms with van der Waals surface area (Å²) in [5.41, 5.74) is 0.929. The van der Waals surface area contributed by atoms with Gasteiger partial charge in [0.15, 0.2) is 0 Å². The number of hydrogen-bond acceptors (Lipinski definition) is 6. The van der Waals surface area contributed by atoms with E-state index in [1.807, 2.05) is 30.5 Å². The second kappa shape index (κ2) is 10.3. The third kappa shape index (κ3) is 4.95. The van der Waals surface area contributed by atoms with Crippen molar-refractivity contribution in [2.24, 2.45) is 0 Å². The summed E-state index contributed by atoms with van der Waals surface area (Å²) in [4.78, 5) is 33.5. The van der Waals surface area contributed by atoms with Crippen LogP contribution in [-0.4, -0.2) is 62.3 Å². The maximum Gasteiger partial charge on any atom is 0.255 e. The van der Waals surface area contributed by atoms with Crippen LogP contribution in [0.15, 0.2) is 62.9 Å². The van der Waals surface area contributed by atoms with Gasteiger partial charge in [0, 0.05) is 64.6 Å². The van der Waals surface area contributed by atoms with E-state index < -0.39 is 0 Å². The van der Waals surface area contributed by atoms with Gasteiger partial charge in [0.2, 0.25) is 0 Å². The van der Waals surface area contributed by atoms with Gasteiger partial charge in [-0.3, -0.25) is 9.59 Å². The molecule has 2 aromatic carbocycles. The van der Waals surface area contributed by atoms with E-state index in [1.54, 1.807) is 32.5 Å². The number of ether oxygens (including phenoxy) is 2. The summed E-state index contributed by atoms with van der Waals surface area (Å²) in [7, 11) is 5.37. The average molecular weight is 527 g/mol. The van der Waals surface area contributed by atoms with Crippen LogP contribution in [0.5, 0.6) is 11.5 Å². The van der Waals surface area contributed by atoms with Crippen molar-refractivity contribution in [2.75, 3.05) is 52.3 Å². The van der Waals surface area contributed by atoms with Crippen LogP contribution in [-0.2, 0) is 0 Å². The molecule has 5 rings (SSSR count). The molecule has 0 amide bonds. The topological polar surface area (TPSA) is 90.7 Å². The highest BCUT2D eigenvalue weighted by atomic mass is 79.9. The van der Waals surface area contributed by atoms with E-state index in [0.717, 1.165) is 58.6 Å². The number of likely N-dealkylation sites (N-methyl/N-ethyl adjacent to an activating group) is 1. The predicted octanol–water partition coefficient (Wildman–Crippen LogP) is 3.59. The first-order valence-electron chi connectivity index (χ1n) is 10.9. The second-order valence-corrected chi connectivity index (χ2v) is 8.94. The minimum atomic E-state index is -0.0918. The van der Waals surface area contributed by atoms with Crippen molar-refractivity contribution in [2.45, 2.75) is 0 Å². The predicted molar refractivity (Wildman–Crippen MR) is 140 cm³/mol. The number of halogens is 1. The molecule has 3 heterocycles. The number of fused-ring (bicyclic) bond motifs is 2. The lowest BCUT2D eigenvalue weighted by molar-refractivity contribution is 0.313. The van der Waals surface area contributed by atoms with Gasteiger partial charge in [-0.1, -0.05) is 0 Å². The number of rotatable bonds is 3. The minimum absolute atomic E-state index is 0.0551. The van der Waals surface area contributed by atoms with Gasteiger partial charge in [0.05, 0.1) is 19.9 Å². The van der Waals surface area contributed by atoms with Gasteiger partial charge in [-0.2, -0.15) is 0 Å². The average Bonchev–Trinajstić information content (AvgIpc) is 2.87. The van der Waals surface area contributed by atoms with Gasteiger partial charge >= 0.3 is 0 Å². The zero-order valence-electron chi connectivity index (χ0n) is 19.4. The molecule has 0 unspecified atom stereocenters. The Morgan fingerprint density at radius 3 is 1.88 bits per heavy atom. The number of nitrogens with one attached hydrogen (secondary N) is 2. The normalized spacial score (nSPS) is 14.1. The summed E-state index contributed by atoms with van der Waals surface area (Å²) in [6.45, 7) is 4.00. The van der Waals surface area contributed by atoms with Crippen molar-refractivity contribution in [3.05, 3.63) is 74.0 Å². The molecule has 9 heteroatoms. The third-order valence-corrected chi connectivity index (χ3v) is 6.65. The highest BCUT2D eigenvalue weighted by Crippen LogP contribution is 2.28. The van der Waals surface area contributed by atoms with Gasteiger partial charge in [-0.15, -0.1) is 0 Å². The van der Waals surface area contributed by atoms with Crippen LogP contribution in [0.25, 0.3) is 21.5 Å². The maximum atomic E-state index is 11.9. The molecular weight excluding hydrogens is 500 g/mol. The Hall–Kier alpha value is -3.30. The zero-order chi connectivity index (χ0) is 24.2. The lowest BCUT2D eigenvalue weighted by Crippen LogP contribution is -2.44. The van der Waals surface area contributed by atoms with Crippen molar-refractivity contribution in [1.82, 2.24) is 14.9 Å². The largest absolute Gasteiger partial charge is 0.497 e.